The van der Waals surface area contributed by atoms with E-state index < -0.39 is 5.82 Å². The van der Waals surface area contributed by atoms with Gasteiger partial charge in [-0.1, -0.05) is 17.7 Å². The molecule has 0 bridgehead atoms. The fraction of sp³-hybridized carbons (Fsp3) is 0.278. The van der Waals surface area contributed by atoms with E-state index in [0.29, 0.717) is 11.6 Å². The zero-order valence-corrected chi connectivity index (χ0v) is 14.2. The first-order valence-corrected chi connectivity index (χ1v) is 7.86. The highest BCUT2D eigenvalue weighted by Crippen LogP contribution is 2.26. The summed E-state index contributed by atoms with van der Waals surface area (Å²) in [5.41, 5.74) is 2.91. The third-order valence-corrected chi connectivity index (χ3v) is 3.79. The lowest BCUT2D eigenvalue weighted by atomic mass is 10.2. The number of imidazole rings is 1. The molecule has 0 spiro atoms. The molecule has 3 rings (SSSR count). The fourth-order valence-electron chi connectivity index (χ4n) is 2.65. The van der Waals surface area contributed by atoms with Gasteiger partial charge in [-0.15, -0.1) is 0 Å². The molecule has 0 fully saturated rings. The van der Waals surface area contributed by atoms with Crippen LogP contribution in [0.25, 0.3) is 11.4 Å². The van der Waals surface area contributed by atoms with Gasteiger partial charge < -0.3 is 9.88 Å². The van der Waals surface area contributed by atoms with E-state index in [1.165, 1.54) is 6.20 Å². The Kier molecular flexibility index (Phi) is 4.29. The van der Waals surface area contributed by atoms with Crippen molar-refractivity contribution < 1.29 is 4.39 Å². The maximum Gasteiger partial charge on any atom is 0.227 e. The molecule has 1 aromatic carbocycles. The lowest BCUT2D eigenvalue weighted by Crippen LogP contribution is -2.08. The van der Waals surface area contributed by atoms with Gasteiger partial charge in [-0.3, -0.25) is 0 Å². The van der Waals surface area contributed by atoms with Gasteiger partial charge in [0.25, 0.3) is 0 Å². The zero-order valence-electron chi connectivity index (χ0n) is 14.2. The van der Waals surface area contributed by atoms with Crippen molar-refractivity contribution in [3.63, 3.8) is 0 Å². The molecule has 2 aromatic heterocycles. The molecule has 6 heteroatoms. The molecule has 0 aliphatic carbocycles. The molecule has 0 saturated carbocycles. The van der Waals surface area contributed by atoms with Gasteiger partial charge in [0, 0.05) is 11.7 Å². The molecule has 2 heterocycles. The van der Waals surface area contributed by atoms with Crippen LogP contribution in [0.4, 0.5) is 16.0 Å². The van der Waals surface area contributed by atoms with Crippen molar-refractivity contribution in [3.05, 3.63) is 53.9 Å². The summed E-state index contributed by atoms with van der Waals surface area (Å²) in [4.78, 5) is 12.7. The number of rotatable bonds is 4. The maximum atomic E-state index is 14.3. The van der Waals surface area contributed by atoms with Gasteiger partial charge in [-0.05, 0) is 39.8 Å². The lowest BCUT2D eigenvalue weighted by molar-refractivity contribution is 0.578. The van der Waals surface area contributed by atoms with Gasteiger partial charge in [0.2, 0.25) is 5.95 Å². The van der Waals surface area contributed by atoms with Crippen molar-refractivity contribution in [2.24, 2.45) is 0 Å². The van der Waals surface area contributed by atoms with Crippen LogP contribution in [0.3, 0.4) is 0 Å². The van der Waals surface area contributed by atoms with Crippen LogP contribution in [0.1, 0.15) is 31.3 Å². The second-order valence-corrected chi connectivity index (χ2v) is 6.04. The predicted octanol–water partition coefficient (Wildman–Crippen LogP) is 4.42. The summed E-state index contributed by atoms with van der Waals surface area (Å²) < 4.78 is 16.3. The standard InChI is InChI=1S/C18H20FN5/c1-11(2)24-13(4)20-10-16(24)17-15(19)9-21-18(23-17)22-14-7-5-12(3)6-8-14/h5-11H,1-4H3,(H,21,22,23). The van der Waals surface area contributed by atoms with Gasteiger partial charge in [0.1, 0.15) is 11.5 Å². The molecule has 0 saturated heterocycles. The molecule has 0 radical (unpaired) electrons. The summed E-state index contributed by atoms with van der Waals surface area (Å²) in [6.45, 7) is 7.98. The van der Waals surface area contributed by atoms with Crippen LogP contribution in [0, 0.1) is 19.7 Å². The van der Waals surface area contributed by atoms with E-state index in [4.69, 9.17) is 0 Å². The van der Waals surface area contributed by atoms with Crippen molar-refractivity contribution in [1.82, 2.24) is 19.5 Å². The number of benzene rings is 1. The Morgan fingerprint density at radius 1 is 1.04 bits per heavy atom. The lowest BCUT2D eigenvalue weighted by Gasteiger charge is -2.14. The summed E-state index contributed by atoms with van der Waals surface area (Å²) in [6, 6.07) is 8.01. The largest absolute Gasteiger partial charge is 0.324 e. The fourth-order valence-corrected chi connectivity index (χ4v) is 2.65. The Labute approximate surface area is 140 Å². The number of aromatic nitrogens is 4. The highest BCUT2D eigenvalue weighted by molar-refractivity contribution is 5.60. The van der Waals surface area contributed by atoms with Crippen LogP contribution in [-0.2, 0) is 0 Å². The SMILES string of the molecule is Cc1ccc(Nc2ncc(F)c(-c3cnc(C)n3C(C)C)n2)cc1. The number of aryl methyl sites for hydroxylation is 2. The molecule has 3 aromatic rings. The van der Waals surface area contributed by atoms with E-state index in [1.807, 2.05) is 56.5 Å². The molecule has 0 atom stereocenters. The first-order chi connectivity index (χ1) is 11.5. The third kappa shape index (κ3) is 3.13. The Morgan fingerprint density at radius 3 is 2.42 bits per heavy atom. The number of nitrogens with zero attached hydrogens (tertiary/aromatic N) is 4. The zero-order chi connectivity index (χ0) is 17.3. The number of halogens is 1. The molecule has 24 heavy (non-hydrogen) atoms. The predicted molar refractivity (Wildman–Crippen MR) is 92.8 cm³/mol. The first kappa shape index (κ1) is 16.1. The van der Waals surface area contributed by atoms with Gasteiger partial charge in [-0.25, -0.2) is 19.3 Å². The van der Waals surface area contributed by atoms with Gasteiger partial charge in [-0.2, -0.15) is 0 Å². The van der Waals surface area contributed by atoms with Crippen LogP contribution in [-0.4, -0.2) is 19.5 Å². The molecule has 0 aliphatic heterocycles. The number of anilines is 2. The monoisotopic (exact) mass is 325 g/mol. The quantitative estimate of drug-likeness (QED) is 0.771. The van der Waals surface area contributed by atoms with E-state index >= 15 is 0 Å². The maximum absolute atomic E-state index is 14.3. The van der Waals surface area contributed by atoms with Crippen LogP contribution in [0.15, 0.2) is 36.7 Å². The molecule has 0 aliphatic rings. The first-order valence-electron chi connectivity index (χ1n) is 7.86. The summed E-state index contributed by atoms with van der Waals surface area (Å²) in [6.07, 6.45) is 2.84. The van der Waals surface area contributed by atoms with Crippen LogP contribution in [0.5, 0.6) is 0 Å². The minimum Gasteiger partial charge on any atom is -0.324 e. The van der Waals surface area contributed by atoms with E-state index in [2.05, 4.69) is 20.3 Å². The average Bonchev–Trinajstić information content (AvgIpc) is 2.93. The number of hydrogen-bond acceptors (Lipinski definition) is 4. The summed E-state index contributed by atoms with van der Waals surface area (Å²) >= 11 is 0. The van der Waals surface area contributed by atoms with Crippen molar-refractivity contribution in [2.75, 3.05) is 5.32 Å². The van der Waals surface area contributed by atoms with Crippen LogP contribution >= 0.6 is 0 Å². The number of hydrogen-bond donors (Lipinski definition) is 1. The molecular formula is C18H20FN5. The van der Waals surface area contributed by atoms with Crippen molar-refractivity contribution in [3.8, 4) is 11.4 Å². The summed E-state index contributed by atoms with van der Waals surface area (Å²) in [5, 5.41) is 3.11. The number of nitrogens with one attached hydrogen (secondary N) is 1. The smallest absolute Gasteiger partial charge is 0.227 e. The second kappa shape index (κ2) is 6.39. The Bertz CT molecular complexity index is 852. The minimum absolute atomic E-state index is 0.158. The van der Waals surface area contributed by atoms with Crippen molar-refractivity contribution >= 4 is 11.6 Å². The molecule has 5 nitrogen and oxygen atoms in total. The van der Waals surface area contributed by atoms with Gasteiger partial charge in [0.05, 0.1) is 18.1 Å². The van der Waals surface area contributed by atoms with E-state index in [-0.39, 0.29) is 11.7 Å². The third-order valence-electron chi connectivity index (χ3n) is 3.79. The minimum atomic E-state index is -0.466. The summed E-state index contributed by atoms with van der Waals surface area (Å²) in [5.74, 6) is 0.710. The van der Waals surface area contributed by atoms with Gasteiger partial charge >= 0.3 is 0 Å². The topological polar surface area (TPSA) is 55.6 Å². The molecule has 1 N–H and O–H groups in total. The van der Waals surface area contributed by atoms with E-state index in [1.54, 1.807) is 6.20 Å². The Balaban J connectivity index is 1.99. The van der Waals surface area contributed by atoms with E-state index in [0.717, 1.165) is 17.1 Å². The van der Waals surface area contributed by atoms with Gasteiger partial charge in [0.15, 0.2) is 5.82 Å². The van der Waals surface area contributed by atoms with Crippen molar-refractivity contribution in [1.29, 1.82) is 0 Å². The molecule has 124 valence electrons. The van der Waals surface area contributed by atoms with E-state index in [9.17, 15) is 4.39 Å². The molecular weight excluding hydrogens is 305 g/mol. The highest BCUT2D eigenvalue weighted by atomic mass is 19.1. The summed E-state index contributed by atoms with van der Waals surface area (Å²) in [7, 11) is 0. The highest BCUT2D eigenvalue weighted by Gasteiger charge is 2.17. The second-order valence-electron chi connectivity index (χ2n) is 6.04. The molecule has 0 unspecified atom stereocenters. The normalized spacial score (nSPS) is 11.1. The Hall–Kier alpha value is -2.76. The van der Waals surface area contributed by atoms with Crippen molar-refractivity contribution in [2.45, 2.75) is 33.7 Å². The average molecular weight is 325 g/mol. The van der Waals surface area contributed by atoms with Crippen LogP contribution in [0.2, 0.25) is 0 Å². The Morgan fingerprint density at radius 2 is 1.75 bits per heavy atom. The molecule has 0 amide bonds. The van der Waals surface area contributed by atoms with Crippen LogP contribution < -0.4 is 5.32 Å².